The number of fused-ring (bicyclic) bond motifs is 1. The van der Waals surface area contributed by atoms with Crippen LogP contribution in [-0.4, -0.2) is 31.0 Å². The highest BCUT2D eigenvalue weighted by molar-refractivity contribution is 6.00. The molecule has 4 nitrogen and oxygen atoms in total. The summed E-state index contributed by atoms with van der Waals surface area (Å²) >= 11 is 0. The molecule has 0 amide bonds. The van der Waals surface area contributed by atoms with Crippen LogP contribution in [0.3, 0.4) is 0 Å². The lowest BCUT2D eigenvalue weighted by atomic mass is 9.88. The molecule has 3 aromatic rings. The van der Waals surface area contributed by atoms with Crippen LogP contribution in [0, 0.1) is 5.82 Å². The minimum absolute atomic E-state index is 0.202. The van der Waals surface area contributed by atoms with Crippen LogP contribution in [0.2, 0.25) is 0 Å². The summed E-state index contributed by atoms with van der Waals surface area (Å²) in [6.45, 7) is 3.02. The second-order valence-electron chi connectivity index (χ2n) is 7.11. The second kappa shape index (κ2) is 7.06. The molecule has 2 heterocycles. The number of hydrogen-bond acceptors (Lipinski definition) is 3. The van der Waals surface area contributed by atoms with E-state index in [0.29, 0.717) is 11.6 Å². The summed E-state index contributed by atoms with van der Waals surface area (Å²) < 4.78 is 19.5. The minimum atomic E-state index is -0.439. The number of nitrogens with zero attached hydrogens (tertiary/aromatic N) is 1. The number of aromatic amines is 1. The van der Waals surface area contributed by atoms with Crippen molar-refractivity contribution in [3.8, 4) is 5.75 Å². The number of carbonyl (C=O) groups excluding carboxylic acids is 1. The van der Waals surface area contributed by atoms with Gasteiger partial charge in [-0.05, 0) is 61.6 Å². The maximum Gasteiger partial charge on any atom is 0.164 e. The van der Waals surface area contributed by atoms with Gasteiger partial charge in [0.15, 0.2) is 5.78 Å². The molecule has 2 aromatic carbocycles. The smallest absolute Gasteiger partial charge is 0.164 e. The van der Waals surface area contributed by atoms with Gasteiger partial charge in [0.25, 0.3) is 0 Å². The van der Waals surface area contributed by atoms with Crippen LogP contribution in [0.15, 0.2) is 42.6 Å². The quantitative estimate of drug-likeness (QED) is 0.668. The Hall–Kier alpha value is -2.82. The molecule has 1 aromatic heterocycles. The molecule has 140 valence electrons. The number of hydrogen-bond donors (Lipinski definition) is 1. The van der Waals surface area contributed by atoms with Crippen LogP contribution in [0.4, 0.5) is 10.1 Å². The molecule has 0 spiro atoms. The zero-order valence-corrected chi connectivity index (χ0v) is 15.6. The van der Waals surface area contributed by atoms with Gasteiger partial charge in [0.05, 0.1) is 18.4 Å². The number of anilines is 1. The lowest BCUT2D eigenvalue weighted by molar-refractivity contribution is 0.101. The molecular formula is C22H23FN2O2. The van der Waals surface area contributed by atoms with Crippen molar-refractivity contribution in [3.05, 3.63) is 59.5 Å². The summed E-state index contributed by atoms with van der Waals surface area (Å²) in [6.07, 6.45) is 4.00. The molecule has 0 unspecified atom stereocenters. The second-order valence-corrected chi connectivity index (χ2v) is 7.11. The predicted molar refractivity (Wildman–Crippen MR) is 105 cm³/mol. The molecule has 1 saturated heterocycles. The largest absolute Gasteiger partial charge is 0.497 e. The van der Waals surface area contributed by atoms with E-state index in [-0.39, 0.29) is 11.3 Å². The zero-order valence-electron chi connectivity index (χ0n) is 15.6. The number of ketones is 1. The average Bonchev–Trinajstić information content (AvgIpc) is 3.10. The van der Waals surface area contributed by atoms with E-state index in [1.165, 1.54) is 23.9 Å². The molecule has 0 saturated carbocycles. The first kappa shape index (κ1) is 17.6. The van der Waals surface area contributed by atoms with Gasteiger partial charge < -0.3 is 14.6 Å². The maximum absolute atomic E-state index is 14.1. The van der Waals surface area contributed by atoms with Crippen LogP contribution >= 0.6 is 0 Å². The molecule has 27 heavy (non-hydrogen) atoms. The summed E-state index contributed by atoms with van der Waals surface area (Å²) in [7, 11) is 1.68. The van der Waals surface area contributed by atoms with E-state index in [1.54, 1.807) is 13.2 Å². The SMILES string of the molecule is COc1ccc2[nH]cc(C3CCN(c4cccc(F)c4C(C)=O)CC3)c2c1. The summed E-state index contributed by atoms with van der Waals surface area (Å²) in [4.78, 5) is 17.4. The number of ether oxygens (including phenoxy) is 1. The van der Waals surface area contributed by atoms with Gasteiger partial charge in [-0.2, -0.15) is 0 Å². The standard InChI is InChI=1S/C22H23FN2O2/c1-14(26)22-19(23)4-3-5-21(22)25-10-8-15(9-11-25)18-13-24-20-7-6-16(27-2)12-17(18)20/h3-7,12-13,15,24H,8-11H2,1-2H3. The van der Waals surface area contributed by atoms with E-state index in [9.17, 15) is 9.18 Å². The van der Waals surface area contributed by atoms with Crippen molar-refractivity contribution in [2.24, 2.45) is 0 Å². The number of rotatable bonds is 4. The van der Waals surface area contributed by atoms with Crippen LogP contribution < -0.4 is 9.64 Å². The molecule has 4 rings (SSSR count). The first-order chi connectivity index (χ1) is 13.1. The number of aromatic nitrogens is 1. The van der Waals surface area contributed by atoms with E-state index < -0.39 is 5.82 Å². The Morgan fingerprint density at radius 2 is 2.00 bits per heavy atom. The molecule has 1 fully saturated rings. The van der Waals surface area contributed by atoms with Crippen LogP contribution in [0.5, 0.6) is 5.75 Å². The van der Waals surface area contributed by atoms with Crippen molar-refractivity contribution in [2.75, 3.05) is 25.1 Å². The summed E-state index contributed by atoms with van der Waals surface area (Å²) in [5.74, 6) is 0.614. The van der Waals surface area contributed by atoms with E-state index in [1.807, 2.05) is 18.2 Å². The highest BCUT2D eigenvalue weighted by Gasteiger charge is 2.26. The Morgan fingerprint density at radius 3 is 2.70 bits per heavy atom. The minimum Gasteiger partial charge on any atom is -0.497 e. The Labute approximate surface area is 157 Å². The number of benzene rings is 2. The molecule has 1 aliphatic rings. The van der Waals surface area contributed by atoms with Gasteiger partial charge in [-0.25, -0.2) is 4.39 Å². The van der Waals surface area contributed by atoms with Crippen molar-refractivity contribution in [3.63, 3.8) is 0 Å². The number of halogens is 1. The van der Waals surface area contributed by atoms with Gasteiger partial charge in [-0.15, -0.1) is 0 Å². The van der Waals surface area contributed by atoms with E-state index in [2.05, 4.69) is 22.1 Å². The van der Waals surface area contributed by atoms with E-state index in [0.717, 1.165) is 37.2 Å². The van der Waals surface area contributed by atoms with Gasteiger partial charge in [0, 0.05) is 30.2 Å². The number of nitrogens with one attached hydrogen (secondary N) is 1. The fraction of sp³-hybridized carbons (Fsp3) is 0.318. The molecule has 1 N–H and O–H groups in total. The van der Waals surface area contributed by atoms with Crippen LogP contribution in [0.1, 0.15) is 41.6 Å². The van der Waals surface area contributed by atoms with Gasteiger partial charge in [0.1, 0.15) is 11.6 Å². The number of methoxy groups -OCH3 is 1. The lowest BCUT2D eigenvalue weighted by Gasteiger charge is -2.34. The normalized spacial score (nSPS) is 15.3. The van der Waals surface area contributed by atoms with E-state index in [4.69, 9.17) is 4.74 Å². The topological polar surface area (TPSA) is 45.3 Å². The highest BCUT2D eigenvalue weighted by Crippen LogP contribution is 2.36. The number of piperidine rings is 1. The van der Waals surface area contributed by atoms with Crippen molar-refractivity contribution < 1.29 is 13.9 Å². The lowest BCUT2D eigenvalue weighted by Crippen LogP contribution is -2.34. The average molecular weight is 366 g/mol. The van der Waals surface area contributed by atoms with Gasteiger partial charge in [0.2, 0.25) is 0 Å². The maximum atomic E-state index is 14.1. The molecular weight excluding hydrogens is 343 g/mol. The Balaban J connectivity index is 1.57. The first-order valence-corrected chi connectivity index (χ1v) is 9.28. The Kier molecular flexibility index (Phi) is 4.60. The third kappa shape index (κ3) is 3.18. The van der Waals surface area contributed by atoms with Crippen molar-refractivity contribution in [1.29, 1.82) is 0 Å². The fourth-order valence-corrected chi connectivity index (χ4v) is 4.14. The molecule has 0 atom stereocenters. The molecule has 1 aliphatic heterocycles. The van der Waals surface area contributed by atoms with Crippen molar-refractivity contribution in [2.45, 2.75) is 25.7 Å². The summed E-state index contributed by atoms with van der Waals surface area (Å²) in [5.41, 5.74) is 3.32. The summed E-state index contributed by atoms with van der Waals surface area (Å²) in [6, 6.07) is 10.9. The molecule has 0 bridgehead atoms. The molecule has 0 aliphatic carbocycles. The molecule has 5 heteroatoms. The summed E-state index contributed by atoms with van der Waals surface area (Å²) in [5, 5.41) is 1.20. The van der Waals surface area contributed by atoms with Gasteiger partial charge >= 0.3 is 0 Å². The van der Waals surface area contributed by atoms with Crippen LogP contribution in [-0.2, 0) is 0 Å². The van der Waals surface area contributed by atoms with Crippen LogP contribution in [0.25, 0.3) is 10.9 Å². The molecule has 0 radical (unpaired) electrons. The van der Waals surface area contributed by atoms with E-state index >= 15 is 0 Å². The highest BCUT2D eigenvalue weighted by atomic mass is 19.1. The number of H-pyrrole nitrogens is 1. The predicted octanol–water partition coefficient (Wildman–Crippen LogP) is 4.90. The van der Waals surface area contributed by atoms with Gasteiger partial charge in [-0.3, -0.25) is 4.79 Å². The Bertz CT molecular complexity index is 987. The zero-order chi connectivity index (χ0) is 19.0. The van der Waals surface area contributed by atoms with Crippen molar-refractivity contribution >= 4 is 22.4 Å². The fourth-order valence-electron chi connectivity index (χ4n) is 4.14. The van der Waals surface area contributed by atoms with Gasteiger partial charge in [-0.1, -0.05) is 6.07 Å². The third-order valence-corrected chi connectivity index (χ3v) is 5.54. The first-order valence-electron chi connectivity index (χ1n) is 9.28. The number of Topliss-reactive ketones (excluding diaryl/α,β-unsaturated/α-hetero) is 1. The number of carbonyl (C=O) groups is 1. The third-order valence-electron chi connectivity index (χ3n) is 5.54. The monoisotopic (exact) mass is 366 g/mol. The Morgan fingerprint density at radius 1 is 1.22 bits per heavy atom. The van der Waals surface area contributed by atoms with Crippen molar-refractivity contribution in [1.82, 2.24) is 4.98 Å².